The Balaban J connectivity index is 2.12. The number of piperidine rings is 1. The van der Waals surface area contributed by atoms with Gasteiger partial charge in [0.2, 0.25) is 0 Å². The van der Waals surface area contributed by atoms with Crippen molar-refractivity contribution in [2.75, 3.05) is 13.1 Å². The molecular formula is C13H23NO2. The van der Waals surface area contributed by atoms with Crippen LogP contribution < -0.4 is 0 Å². The van der Waals surface area contributed by atoms with Crippen LogP contribution in [0.4, 0.5) is 0 Å². The summed E-state index contributed by atoms with van der Waals surface area (Å²) in [5.74, 6) is 0.0448. The van der Waals surface area contributed by atoms with Gasteiger partial charge in [-0.25, -0.2) is 0 Å². The third kappa shape index (κ3) is 1.97. The predicted octanol–water partition coefficient (Wildman–Crippen LogP) is 2.51. The Morgan fingerprint density at radius 1 is 1.38 bits per heavy atom. The van der Waals surface area contributed by atoms with E-state index in [1.807, 2.05) is 0 Å². The van der Waals surface area contributed by atoms with E-state index in [4.69, 9.17) is 0 Å². The normalized spacial score (nSPS) is 36.4. The molecule has 2 rings (SSSR count). The molecule has 3 nitrogen and oxygen atoms in total. The second kappa shape index (κ2) is 4.74. The minimum atomic E-state index is -0.578. The molecule has 2 aliphatic rings. The Bertz CT molecular complexity index is 261. The van der Waals surface area contributed by atoms with Crippen molar-refractivity contribution in [1.82, 2.24) is 4.90 Å². The highest BCUT2D eigenvalue weighted by atomic mass is 16.4. The Morgan fingerprint density at radius 3 is 2.56 bits per heavy atom. The molecule has 0 radical (unpaired) electrons. The molecule has 0 spiro atoms. The summed E-state index contributed by atoms with van der Waals surface area (Å²) in [6.07, 6.45) is 7.57. The summed E-state index contributed by atoms with van der Waals surface area (Å²) >= 11 is 0. The van der Waals surface area contributed by atoms with Crippen LogP contribution in [0.2, 0.25) is 0 Å². The molecule has 2 atom stereocenters. The van der Waals surface area contributed by atoms with Gasteiger partial charge in [-0.05, 0) is 51.1 Å². The zero-order valence-electron chi connectivity index (χ0n) is 10.2. The number of aliphatic carboxylic acids is 1. The maximum atomic E-state index is 11.6. The monoisotopic (exact) mass is 225 g/mol. The average Bonchev–Trinajstić information content (AvgIpc) is 2.75. The molecule has 3 heteroatoms. The van der Waals surface area contributed by atoms with E-state index in [2.05, 4.69) is 11.8 Å². The van der Waals surface area contributed by atoms with E-state index >= 15 is 0 Å². The van der Waals surface area contributed by atoms with E-state index < -0.39 is 11.5 Å². The van der Waals surface area contributed by atoms with Crippen LogP contribution in [0.25, 0.3) is 0 Å². The Kier molecular flexibility index (Phi) is 3.53. The Labute approximate surface area is 97.8 Å². The molecule has 0 aromatic heterocycles. The first kappa shape index (κ1) is 11.9. The SMILES string of the molecule is CCC1CCC(C(=O)O)(N2CCCCC2)C1. The molecule has 92 valence electrons. The van der Waals surface area contributed by atoms with Gasteiger partial charge in [-0.1, -0.05) is 19.8 Å². The number of hydrogen-bond donors (Lipinski definition) is 1. The summed E-state index contributed by atoms with van der Waals surface area (Å²) in [6.45, 7) is 4.16. The fourth-order valence-electron chi connectivity index (χ4n) is 3.41. The first-order valence-corrected chi connectivity index (χ1v) is 6.67. The van der Waals surface area contributed by atoms with Crippen LogP contribution in [0, 0.1) is 5.92 Å². The third-order valence-electron chi connectivity index (χ3n) is 4.53. The van der Waals surface area contributed by atoms with Crippen molar-refractivity contribution in [1.29, 1.82) is 0 Å². The number of likely N-dealkylation sites (tertiary alicyclic amines) is 1. The second-order valence-corrected chi connectivity index (χ2v) is 5.40. The minimum Gasteiger partial charge on any atom is -0.480 e. The number of carboxylic acids is 1. The van der Waals surface area contributed by atoms with Crippen molar-refractivity contribution >= 4 is 5.97 Å². The van der Waals surface area contributed by atoms with Crippen molar-refractivity contribution in [3.63, 3.8) is 0 Å². The quantitative estimate of drug-likeness (QED) is 0.802. The Morgan fingerprint density at radius 2 is 2.06 bits per heavy atom. The fourth-order valence-corrected chi connectivity index (χ4v) is 3.41. The zero-order chi connectivity index (χ0) is 11.6. The summed E-state index contributed by atoms with van der Waals surface area (Å²) in [5, 5.41) is 9.59. The summed E-state index contributed by atoms with van der Waals surface area (Å²) in [4.78, 5) is 13.9. The minimum absolute atomic E-state index is 0.513. The van der Waals surface area contributed by atoms with Gasteiger partial charge in [0.1, 0.15) is 5.54 Å². The lowest BCUT2D eigenvalue weighted by molar-refractivity contribution is -0.152. The zero-order valence-corrected chi connectivity index (χ0v) is 10.2. The van der Waals surface area contributed by atoms with Gasteiger partial charge in [-0.2, -0.15) is 0 Å². The lowest BCUT2D eigenvalue weighted by Gasteiger charge is -2.40. The topological polar surface area (TPSA) is 40.5 Å². The van der Waals surface area contributed by atoms with Crippen molar-refractivity contribution < 1.29 is 9.90 Å². The van der Waals surface area contributed by atoms with Gasteiger partial charge >= 0.3 is 5.97 Å². The molecule has 1 saturated carbocycles. The molecule has 1 heterocycles. The summed E-state index contributed by atoms with van der Waals surface area (Å²) in [5.41, 5.74) is -0.513. The van der Waals surface area contributed by atoms with Crippen LogP contribution >= 0.6 is 0 Å². The number of rotatable bonds is 3. The number of carboxylic acid groups (broad SMARTS) is 1. The average molecular weight is 225 g/mol. The third-order valence-corrected chi connectivity index (χ3v) is 4.53. The second-order valence-electron chi connectivity index (χ2n) is 5.40. The van der Waals surface area contributed by atoms with Crippen LogP contribution in [0.5, 0.6) is 0 Å². The highest BCUT2D eigenvalue weighted by molar-refractivity contribution is 5.79. The largest absolute Gasteiger partial charge is 0.480 e. The summed E-state index contributed by atoms with van der Waals surface area (Å²) in [6, 6.07) is 0. The number of hydrogen-bond acceptors (Lipinski definition) is 2. The van der Waals surface area contributed by atoms with Crippen molar-refractivity contribution in [3.05, 3.63) is 0 Å². The highest BCUT2D eigenvalue weighted by Gasteiger charge is 2.49. The maximum absolute atomic E-state index is 11.6. The van der Waals surface area contributed by atoms with Crippen LogP contribution in [0.1, 0.15) is 51.9 Å². The molecule has 1 aliphatic heterocycles. The van der Waals surface area contributed by atoms with Gasteiger partial charge in [0.25, 0.3) is 0 Å². The number of carbonyl (C=O) groups is 1. The van der Waals surface area contributed by atoms with E-state index in [1.165, 1.54) is 19.3 Å². The molecule has 0 aromatic rings. The van der Waals surface area contributed by atoms with Gasteiger partial charge in [0.15, 0.2) is 0 Å². The lowest BCUT2D eigenvalue weighted by Crippen LogP contribution is -2.54. The maximum Gasteiger partial charge on any atom is 0.324 e. The standard InChI is InChI=1S/C13H23NO2/c1-2-11-6-7-13(10-11,12(15)16)14-8-4-3-5-9-14/h11H,2-10H2,1H3,(H,15,16). The number of nitrogens with zero attached hydrogens (tertiary/aromatic N) is 1. The van der Waals surface area contributed by atoms with Crippen LogP contribution in [0.15, 0.2) is 0 Å². The van der Waals surface area contributed by atoms with Gasteiger partial charge < -0.3 is 5.11 Å². The van der Waals surface area contributed by atoms with Crippen LogP contribution in [0.3, 0.4) is 0 Å². The van der Waals surface area contributed by atoms with E-state index in [0.717, 1.165) is 38.8 Å². The summed E-state index contributed by atoms with van der Waals surface area (Å²) < 4.78 is 0. The molecular weight excluding hydrogens is 202 g/mol. The molecule has 0 bridgehead atoms. The lowest BCUT2D eigenvalue weighted by atomic mass is 9.90. The molecule has 0 aromatic carbocycles. The van der Waals surface area contributed by atoms with E-state index in [-0.39, 0.29) is 0 Å². The first-order valence-electron chi connectivity index (χ1n) is 6.67. The van der Waals surface area contributed by atoms with Crippen molar-refractivity contribution in [2.24, 2.45) is 5.92 Å². The van der Waals surface area contributed by atoms with E-state index in [9.17, 15) is 9.90 Å². The summed E-state index contributed by atoms with van der Waals surface area (Å²) in [7, 11) is 0. The molecule has 1 N–H and O–H groups in total. The molecule has 16 heavy (non-hydrogen) atoms. The van der Waals surface area contributed by atoms with E-state index in [0.29, 0.717) is 5.92 Å². The Hall–Kier alpha value is -0.570. The predicted molar refractivity (Wildman–Crippen MR) is 63.4 cm³/mol. The molecule has 0 amide bonds. The van der Waals surface area contributed by atoms with Gasteiger partial charge in [0.05, 0.1) is 0 Å². The first-order chi connectivity index (χ1) is 7.69. The van der Waals surface area contributed by atoms with Gasteiger partial charge in [-0.3, -0.25) is 9.69 Å². The van der Waals surface area contributed by atoms with E-state index in [1.54, 1.807) is 0 Å². The van der Waals surface area contributed by atoms with Crippen molar-refractivity contribution in [3.8, 4) is 0 Å². The van der Waals surface area contributed by atoms with Gasteiger partial charge in [-0.15, -0.1) is 0 Å². The fraction of sp³-hybridized carbons (Fsp3) is 0.923. The van der Waals surface area contributed by atoms with Crippen LogP contribution in [-0.2, 0) is 4.79 Å². The molecule has 2 fully saturated rings. The highest BCUT2D eigenvalue weighted by Crippen LogP contribution is 2.41. The van der Waals surface area contributed by atoms with Crippen molar-refractivity contribution in [2.45, 2.75) is 57.4 Å². The smallest absolute Gasteiger partial charge is 0.324 e. The van der Waals surface area contributed by atoms with Gasteiger partial charge in [0, 0.05) is 0 Å². The molecule has 1 saturated heterocycles. The molecule has 1 aliphatic carbocycles. The molecule has 2 unspecified atom stereocenters. The van der Waals surface area contributed by atoms with Crippen LogP contribution in [-0.4, -0.2) is 34.6 Å².